The standard InChI is InChI=1S/C20H27N3O3/c1-23(2)10-11-26-19-9-5-6-16(13-19)14-21-20(24)22-18-8-4-7-17(12-18)15-25-3/h4-9,12-13H,10-11,14-15H2,1-3H3,(H2,21,22,24). The minimum absolute atomic E-state index is 0.251. The normalized spacial score (nSPS) is 10.6. The fourth-order valence-corrected chi connectivity index (χ4v) is 2.35. The van der Waals surface area contributed by atoms with Crippen LogP contribution in [0.2, 0.25) is 0 Å². The Morgan fingerprint density at radius 3 is 2.62 bits per heavy atom. The van der Waals surface area contributed by atoms with Gasteiger partial charge in [-0.05, 0) is 49.5 Å². The van der Waals surface area contributed by atoms with Crippen molar-refractivity contribution < 1.29 is 14.3 Å². The molecule has 0 unspecified atom stereocenters. The number of carbonyl (C=O) groups excluding carboxylic acids is 1. The topological polar surface area (TPSA) is 62.8 Å². The van der Waals surface area contributed by atoms with Gasteiger partial charge in [0.2, 0.25) is 0 Å². The summed E-state index contributed by atoms with van der Waals surface area (Å²) in [5.41, 5.74) is 2.72. The number of carbonyl (C=O) groups is 1. The van der Waals surface area contributed by atoms with E-state index in [1.165, 1.54) is 0 Å². The highest BCUT2D eigenvalue weighted by Gasteiger charge is 2.04. The van der Waals surface area contributed by atoms with Gasteiger partial charge < -0.3 is 25.0 Å². The molecule has 6 nitrogen and oxygen atoms in total. The SMILES string of the molecule is COCc1cccc(NC(=O)NCc2cccc(OCCN(C)C)c2)c1. The summed E-state index contributed by atoms with van der Waals surface area (Å²) in [6.07, 6.45) is 0. The summed E-state index contributed by atoms with van der Waals surface area (Å²) in [7, 11) is 5.66. The maximum Gasteiger partial charge on any atom is 0.319 e. The predicted molar refractivity (Wildman–Crippen MR) is 104 cm³/mol. The molecule has 0 saturated heterocycles. The van der Waals surface area contributed by atoms with E-state index in [4.69, 9.17) is 9.47 Å². The highest BCUT2D eigenvalue weighted by molar-refractivity contribution is 5.89. The van der Waals surface area contributed by atoms with Crippen LogP contribution in [0.15, 0.2) is 48.5 Å². The number of ether oxygens (including phenoxy) is 2. The zero-order chi connectivity index (χ0) is 18.8. The number of urea groups is 1. The molecule has 2 amide bonds. The lowest BCUT2D eigenvalue weighted by molar-refractivity contribution is 0.185. The van der Waals surface area contributed by atoms with Crippen LogP contribution < -0.4 is 15.4 Å². The largest absolute Gasteiger partial charge is 0.492 e. The first-order valence-corrected chi connectivity index (χ1v) is 8.56. The summed E-state index contributed by atoms with van der Waals surface area (Å²) in [6, 6.07) is 15.1. The van der Waals surface area contributed by atoms with Crippen LogP contribution in [0.5, 0.6) is 5.75 Å². The Morgan fingerprint density at radius 1 is 1.08 bits per heavy atom. The van der Waals surface area contributed by atoms with Gasteiger partial charge in [0.25, 0.3) is 0 Å². The number of hydrogen-bond acceptors (Lipinski definition) is 4. The molecule has 0 aliphatic heterocycles. The smallest absolute Gasteiger partial charge is 0.319 e. The highest BCUT2D eigenvalue weighted by atomic mass is 16.5. The van der Waals surface area contributed by atoms with Crippen molar-refractivity contribution in [1.82, 2.24) is 10.2 Å². The lowest BCUT2D eigenvalue weighted by Gasteiger charge is -2.12. The molecule has 0 saturated carbocycles. The van der Waals surface area contributed by atoms with Gasteiger partial charge in [-0.3, -0.25) is 0 Å². The van der Waals surface area contributed by atoms with Gasteiger partial charge in [0.1, 0.15) is 12.4 Å². The molecule has 0 radical (unpaired) electrons. The molecule has 0 spiro atoms. The molecule has 6 heteroatoms. The van der Waals surface area contributed by atoms with Gasteiger partial charge in [-0.2, -0.15) is 0 Å². The van der Waals surface area contributed by atoms with Gasteiger partial charge in [0, 0.05) is 25.9 Å². The molecule has 0 atom stereocenters. The third kappa shape index (κ3) is 7.13. The molecule has 140 valence electrons. The number of anilines is 1. The first kappa shape index (κ1) is 19.8. The average molecular weight is 357 g/mol. The van der Waals surface area contributed by atoms with Crippen LogP contribution in [0, 0.1) is 0 Å². The molecule has 2 aromatic carbocycles. The molecular formula is C20H27N3O3. The Labute approximate surface area is 155 Å². The lowest BCUT2D eigenvalue weighted by Crippen LogP contribution is -2.28. The van der Waals surface area contributed by atoms with E-state index in [0.717, 1.165) is 29.1 Å². The molecule has 2 aromatic rings. The van der Waals surface area contributed by atoms with Crippen molar-refractivity contribution in [2.24, 2.45) is 0 Å². The summed E-state index contributed by atoms with van der Waals surface area (Å²) in [4.78, 5) is 14.2. The number of likely N-dealkylation sites (N-methyl/N-ethyl adjacent to an activating group) is 1. The number of nitrogens with one attached hydrogen (secondary N) is 2. The van der Waals surface area contributed by atoms with E-state index >= 15 is 0 Å². The zero-order valence-electron chi connectivity index (χ0n) is 15.6. The molecule has 0 bridgehead atoms. The molecule has 0 heterocycles. The summed E-state index contributed by atoms with van der Waals surface area (Å²) in [5.74, 6) is 0.804. The average Bonchev–Trinajstić information content (AvgIpc) is 2.61. The highest BCUT2D eigenvalue weighted by Crippen LogP contribution is 2.14. The second-order valence-electron chi connectivity index (χ2n) is 6.24. The Hall–Kier alpha value is -2.57. The van der Waals surface area contributed by atoms with Crippen LogP contribution in [-0.2, 0) is 17.9 Å². The minimum Gasteiger partial charge on any atom is -0.492 e. The molecule has 26 heavy (non-hydrogen) atoms. The van der Waals surface area contributed by atoms with E-state index in [1.54, 1.807) is 7.11 Å². The van der Waals surface area contributed by atoms with E-state index in [-0.39, 0.29) is 6.03 Å². The van der Waals surface area contributed by atoms with Gasteiger partial charge >= 0.3 is 6.03 Å². The Bertz CT molecular complexity index is 704. The molecule has 0 aliphatic carbocycles. The monoisotopic (exact) mass is 357 g/mol. The van der Waals surface area contributed by atoms with Crippen molar-refractivity contribution >= 4 is 11.7 Å². The summed E-state index contributed by atoms with van der Waals surface area (Å²) in [5, 5.41) is 5.69. The third-order valence-corrected chi connectivity index (χ3v) is 3.65. The minimum atomic E-state index is -0.251. The number of nitrogens with zero attached hydrogens (tertiary/aromatic N) is 1. The summed E-state index contributed by atoms with van der Waals surface area (Å²) in [6.45, 7) is 2.42. The molecule has 2 N–H and O–H groups in total. The van der Waals surface area contributed by atoms with Crippen molar-refractivity contribution in [2.75, 3.05) is 39.7 Å². The van der Waals surface area contributed by atoms with Crippen LogP contribution in [0.3, 0.4) is 0 Å². The lowest BCUT2D eigenvalue weighted by atomic mass is 10.2. The van der Waals surface area contributed by atoms with Crippen LogP contribution in [0.4, 0.5) is 10.5 Å². The Balaban J connectivity index is 1.82. The van der Waals surface area contributed by atoms with E-state index < -0.39 is 0 Å². The fraction of sp³-hybridized carbons (Fsp3) is 0.350. The van der Waals surface area contributed by atoms with E-state index in [1.807, 2.05) is 62.6 Å². The first-order valence-electron chi connectivity index (χ1n) is 8.56. The molecule has 0 fully saturated rings. The van der Waals surface area contributed by atoms with Crippen LogP contribution >= 0.6 is 0 Å². The van der Waals surface area contributed by atoms with Crippen LogP contribution in [0.1, 0.15) is 11.1 Å². The van der Waals surface area contributed by atoms with E-state index in [2.05, 4.69) is 15.5 Å². The van der Waals surface area contributed by atoms with Crippen molar-refractivity contribution in [3.8, 4) is 5.75 Å². The predicted octanol–water partition coefficient (Wildman–Crippen LogP) is 3.10. The van der Waals surface area contributed by atoms with Gasteiger partial charge in [0.15, 0.2) is 0 Å². The quantitative estimate of drug-likeness (QED) is 0.724. The van der Waals surface area contributed by atoms with E-state index in [0.29, 0.717) is 19.8 Å². The third-order valence-electron chi connectivity index (χ3n) is 3.65. The maximum atomic E-state index is 12.1. The van der Waals surface area contributed by atoms with Crippen LogP contribution in [-0.4, -0.2) is 45.3 Å². The van der Waals surface area contributed by atoms with Crippen molar-refractivity contribution in [3.05, 3.63) is 59.7 Å². The first-order chi connectivity index (χ1) is 12.6. The van der Waals surface area contributed by atoms with E-state index in [9.17, 15) is 4.79 Å². The van der Waals surface area contributed by atoms with Gasteiger partial charge in [0.05, 0.1) is 6.61 Å². The number of methoxy groups -OCH3 is 1. The van der Waals surface area contributed by atoms with Crippen molar-refractivity contribution in [1.29, 1.82) is 0 Å². The maximum absolute atomic E-state index is 12.1. The number of benzene rings is 2. The van der Waals surface area contributed by atoms with Gasteiger partial charge in [-0.15, -0.1) is 0 Å². The number of amides is 2. The number of rotatable bonds is 9. The second kappa shape index (κ2) is 10.4. The Morgan fingerprint density at radius 2 is 1.85 bits per heavy atom. The summed E-state index contributed by atoms with van der Waals surface area (Å²) < 4.78 is 10.8. The summed E-state index contributed by atoms with van der Waals surface area (Å²) >= 11 is 0. The molecular weight excluding hydrogens is 330 g/mol. The Kier molecular flexibility index (Phi) is 7.92. The van der Waals surface area contributed by atoms with Crippen molar-refractivity contribution in [2.45, 2.75) is 13.2 Å². The molecule has 0 aromatic heterocycles. The van der Waals surface area contributed by atoms with Gasteiger partial charge in [-0.25, -0.2) is 4.79 Å². The van der Waals surface area contributed by atoms with Crippen molar-refractivity contribution in [3.63, 3.8) is 0 Å². The molecule has 0 aliphatic rings. The number of hydrogen-bond donors (Lipinski definition) is 2. The molecule has 2 rings (SSSR count). The van der Waals surface area contributed by atoms with Crippen LogP contribution in [0.25, 0.3) is 0 Å². The zero-order valence-corrected chi connectivity index (χ0v) is 15.6. The fourth-order valence-electron chi connectivity index (χ4n) is 2.35. The second-order valence-corrected chi connectivity index (χ2v) is 6.24. The van der Waals surface area contributed by atoms with Gasteiger partial charge in [-0.1, -0.05) is 24.3 Å².